The molecule has 2 aromatic rings. The van der Waals surface area contributed by atoms with Crippen molar-refractivity contribution in [2.24, 2.45) is 12.0 Å². The molecule has 3 rings (SSSR count). The Hall–Kier alpha value is -1.87. The van der Waals surface area contributed by atoms with E-state index in [2.05, 4.69) is 75.5 Å². The van der Waals surface area contributed by atoms with Gasteiger partial charge in [-0.1, -0.05) is 42.5 Å². The first-order valence-corrected chi connectivity index (χ1v) is 9.97. The summed E-state index contributed by atoms with van der Waals surface area (Å²) < 4.78 is 1.94. The van der Waals surface area contributed by atoms with Gasteiger partial charge < -0.3 is 10.2 Å². The maximum atomic E-state index is 4.50. The van der Waals surface area contributed by atoms with Gasteiger partial charge in [-0.2, -0.15) is 5.10 Å². The first-order valence-electron chi connectivity index (χ1n) is 9.97. The lowest BCUT2D eigenvalue weighted by Crippen LogP contribution is -2.52. The monoisotopic (exact) mass is 508 g/mol. The molecule has 1 aliphatic heterocycles. The molecule has 0 radical (unpaired) electrons. The number of aromatic nitrogens is 2. The van der Waals surface area contributed by atoms with Gasteiger partial charge in [-0.15, -0.1) is 24.0 Å². The van der Waals surface area contributed by atoms with Gasteiger partial charge in [0.1, 0.15) is 0 Å². The molecule has 29 heavy (non-hydrogen) atoms. The largest absolute Gasteiger partial charge is 0.352 e. The molecule has 158 valence electrons. The second-order valence-corrected chi connectivity index (χ2v) is 7.27. The van der Waals surface area contributed by atoms with Crippen LogP contribution >= 0.6 is 24.0 Å². The minimum absolute atomic E-state index is 0. The predicted molar refractivity (Wildman–Crippen MR) is 132 cm³/mol. The lowest BCUT2D eigenvalue weighted by molar-refractivity contribution is 0.194. The Morgan fingerprint density at radius 2 is 1.83 bits per heavy atom. The Labute approximate surface area is 191 Å². The van der Waals surface area contributed by atoms with Crippen LogP contribution < -0.4 is 5.32 Å². The molecule has 1 N–H and O–H groups in total. The summed E-state index contributed by atoms with van der Waals surface area (Å²) in [5, 5.41) is 8.02. The summed E-state index contributed by atoms with van der Waals surface area (Å²) in [5.41, 5.74) is 4.80. The van der Waals surface area contributed by atoms with Gasteiger partial charge in [0, 0.05) is 64.6 Å². The first kappa shape index (κ1) is 23.4. The van der Waals surface area contributed by atoms with E-state index in [1.807, 2.05) is 24.8 Å². The summed E-state index contributed by atoms with van der Waals surface area (Å²) in [5.74, 6) is 0.974. The zero-order chi connectivity index (χ0) is 19.9. The van der Waals surface area contributed by atoms with Crippen molar-refractivity contribution >= 4 is 36.0 Å². The molecular weight excluding hydrogens is 475 g/mol. The fraction of sp³-hybridized carbons (Fsp3) is 0.455. The number of nitrogens with one attached hydrogen (secondary N) is 1. The van der Waals surface area contributed by atoms with Gasteiger partial charge in [0.15, 0.2) is 5.96 Å². The molecule has 0 unspecified atom stereocenters. The highest BCUT2D eigenvalue weighted by molar-refractivity contribution is 14.0. The van der Waals surface area contributed by atoms with E-state index in [1.54, 1.807) is 0 Å². The van der Waals surface area contributed by atoms with Crippen molar-refractivity contribution in [2.75, 3.05) is 39.8 Å². The van der Waals surface area contributed by atoms with E-state index in [4.69, 9.17) is 0 Å². The molecule has 0 saturated carbocycles. The molecule has 1 aliphatic rings. The second-order valence-electron chi connectivity index (χ2n) is 7.27. The van der Waals surface area contributed by atoms with E-state index in [0.717, 1.165) is 50.9 Å². The molecule has 1 fully saturated rings. The Bertz CT molecular complexity index is 819. The van der Waals surface area contributed by atoms with Crippen LogP contribution in [-0.4, -0.2) is 65.3 Å². The van der Waals surface area contributed by atoms with E-state index >= 15 is 0 Å². The van der Waals surface area contributed by atoms with Crippen LogP contribution in [-0.2, 0) is 13.6 Å². The van der Waals surface area contributed by atoms with Crippen LogP contribution in [0.25, 0.3) is 6.08 Å². The summed E-state index contributed by atoms with van der Waals surface area (Å²) >= 11 is 0. The third kappa shape index (κ3) is 6.30. The number of halogens is 1. The van der Waals surface area contributed by atoms with Crippen LogP contribution in [0.3, 0.4) is 0 Å². The summed E-state index contributed by atoms with van der Waals surface area (Å²) in [6.45, 7) is 10.0. The lowest BCUT2D eigenvalue weighted by Gasteiger charge is -2.36. The predicted octanol–water partition coefficient (Wildman–Crippen LogP) is 3.06. The minimum Gasteiger partial charge on any atom is -0.352 e. The Morgan fingerprint density at radius 1 is 1.14 bits per heavy atom. The standard InChI is InChI=1S/C22H32N6.HI/c1-18-21(19(2)26(4)25-18)17-24-22(23-3)28-15-13-27(14-16-28)12-8-11-20-9-6-5-7-10-20;/h5-11H,12-17H2,1-4H3,(H,23,24);1H/b11-8+;. The Balaban J connectivity index is 0.00000300. The van der Waals surface area contributed by atoms with Crippen LogP contribution in [0.15, 0.2) is 41.4 Å². The fourth-order valence-corrected chi connectivity index (χ4v) is 3.62. The van der Waals surface area contributed by atoms with Gasteiger partial charge in [-0.3, -0.25) is 14.6 Å². The molecule has 1 saturated heterocycles. The molecule has 6 nitrogen and oxygen atoms in total. The van der Waals surface area contributed by atoms with E-state index in [9.17, 15) is 0 Å². The Morgan fingerprint density at radius 3 is 2.41 bits per heavy atom. The second kappa shape index (κ2) is 11.3. The molecule has 1 aromatic carbocycles. The molecule has 7 heteroatoms. The third-order valence-corrected chi connectivity index (χ3v) is 5.44. The summed E-state index contributed by atoms with van der Waals surface area (Å²) in [7, 11) is 3.85. The quantitative estimate of drug-likeness (QED) is 0.383. The number of rotatable bonds is 5. The highest BCUT2D eigenvalue weighted by Gasteiger charge is 2.19. The first-order chi connectivity index (χ1) is 13.6. The maximum Gasteiger partial charge on any atom is 0.194 e. The van der Waals surface area contributed by atoms with Gasteiger partial charge in [-0.05, 0) is 19.4 Å². The highest BCUT2D eigenvalue weighted by atomic mass is 127. The normalized spacial score (nSPS) is 15.6. The van der Waals surface area contributed by atoms with Crippen LogP contribution in [0.1, 0.15) is 22.5 Å². The molecule has 0 spiro atoms. The zero-order valence-electron chi connectivity index (χ0n) is 17.9. The molecule has 0 amide bonds. The molecule has 1 aromatic heterocycles. The van der Waals surface area contributed by atoms with Gasteiger partial charge in [0.25, 0.3) is 0 Å². The van der Waals surface area contributed by atoms with Gasteiger partial charge in [0.05, 0.1) is 5.69 Å². The SMILES string of the molecule is CN=C(NCc1c(C)nn(C)c1C)N1CCN(C/C=C/c2ccccc2)CC1.I. The topological polar surface area (TPSA) is 48.7 Å². The van der Waals surface area contributed by atoms with Crippen LogP contribution in [0, 0.1) is 13.8 Å². The van der Waals surface area contributed by atoms with Crippen molar-refractivity contribution in [3.05, 3.63) is 58.9 Å². The van der Waals surface area contributed by atoms with E-state index in [-0.39, 0.29) is 24.0 Å². The number of guanidine groups is 1. The number of benzene rings is 1. The number of nitrogens with zero attached hydrogens (tertiary/aromatic N) is 5. The van der Waals surface area contributed by atoms with Crippen molar-refractivity contribution < 1.29 is 0 Å². The van der Waals surface area contributed by atoms with E-state index in [0.29, 0.717) is 0 Å². The number of piperazine rings is 1. The molecule has 2 heterocycles. The summed E-state index contributed by atoms with van der Waals surface area (Å²) in [6.07, 6.45) is 4.46. The number of hydrogen-bond acceptors (Lipinski definition) is 3. The number of hydrogen-bond donors (Lipinski definition) is 1. The highest BCUT2D eigenvalue weighted by Crippen LogP contribution is 2.12. The van der Waals surface area contributed by atoms with Gasteiger partial charge in [0.2, 0.25) is 0 Å². The number of aliphatic imine (C=N–C) groups is 1. The Kier molecular flexibility index (Phi) is 9.16. The summed E-state index contributed by atoms with van der Waals surface area (Å²) in [6, 6.07) is 10.5. The third-order valence-electron chi connectivity index (χ3n) is 5.44. The number of aryl methyl sites for hydroxylation is 2. The fourth-order valence-electron chi connectivity index (χ4n) is 3.62. The molecule has 0 atom stereocenters. The average Bonchev–Trinajstić information content (AvgIpc) is 2.96. The van der Waals surface area contributed by atoms with Crippen molar-refractivity contribution in [3.63, 3.8) is 0 Å². The summed E-state index contributed by atoms with van der Waals surface area (Å²) in [4.78, 5) is 9.32. The van der Waals surface area contributed by atoms with E-state index < -0.39 is 0 Å². The molecule has 0 bridgehead atoms. The van der Waals surface area contributed by atoms with Crippen molar-refractivity contribution in [2.45, 2.75) is 20.4 Å². The van der Waals surface area contributed by atoms with E-state index in [1.165, 1.54) is 16.8 Å². The molecule has 0 aliphatic carbocycles. The van der Waals surface area contributed by atoms with Crippen molar-refractivity contribution in [3.8, 4) is 0 Å². The smallest absolute Gasteiger partial charge is 0.194 e. The van der Waals surface area contributed by atoms with Crippen molar-refractivity contribution in [1.29, 1.82) is 0 Å². The van der Waals surface area contributed by atoms with Crippen LogP contribution in [0.4, 0.5) is 0 Å². The van der Waals surface area contributed by atoms with Crippen molar-refractivity contribution in [1.82, 2.24) is 24.9 Å². The van der Waals surface area contributed by atoms with Gasteiger partial charge in [-0.25, -0.2) is 0 Å². The average molecular weight is 508 g/mol. The van der Waals surface area contributed by atoms with Gasteiger partial charge >= 0.3 is 0 Å². The van der Waals surface area contributed by atoms with Crippen LogP contribution in [0.2, 0.25) is 0 Å². The zero-order valence-corrected chi connectivity index (χ0v) is 20.3. The lowest BCUT2D eigenvalue weighted by atomic mass is 10.2. The van der Waals surface area contributed by atoms with Crippen LogP contribution in [0.5, 0.6) is 0 Å². The minimum atomic E-state index is 0. The maximum absolute atomic E-state index is 4.50. The molecular formula is C22H33IN6.